The third-order valence-electron chi connectivity index (χ3n) is 4.17. The Bertz CT molecular complexity index is 271. The van der Waals surface area contributed by atoms with E-state index in [-0.39, 0.29) is 5.91 Å². The first-order valence-corrected chi connectivity index (χ1v) is 7.73. The van der Waals surface area contributed by atoms with Crippen LogP contribution in [-0.4, -0.2) is 74.1 Å². The van der Waals surface area contributed by atoms with Crippen molar-refractivity contribution < 1.29 is 4.79 Å². The Morgan fingerprint density at radius 2 is 1.89 bits per heavy atom. The summed E-state index contributed by atoms with van der Waals surface area (Å²) in [6, 6.07) is 0.761. The highest BCUT2D eigenvalue weighted by atomic mass is 16.2. The van der Waals surface area contributed by atoms with Gasteiger partial charge in [0.25, 0.3) is 0 Å². The number of rotatable bonds is 5. The Balaban J connectivity index is 1.65. The number of nitrogens with one attached hydrogen (secondary N) is 2. The third kappa shape index (κ3) is 4.75. The van der Waals surface area contributed by atoms with Crippen molar-refractivity contribution in [2.24, 2.45) is 0 Å². The van der Waals surface area contributed by atoms with Gasteiger partial charge in [-0.1, -0.05) is 6.92 Å². The first-order valence-electron chi connectivity index (χ1n) is 7.73. The summed E-state index contributed by atoms with van der Waals surface area (Å²) in [6.45, 7) is 10.1. The van der Waals surface area contributed by atoms with E-state index in [9.17, 15) is 4.79 Å². The summed E-state index contributed by atoms with van der Waals surface area (Å²) < 4.78 is 0. The maximum Gasteiger partial charge on any atom is 0.234 e. The molecular formula is C14H28N4O. The first kappa shape index (κ1) is 14.8. The van der Waals surface area contributed by atoms with Crippen molar-refractivity contribution >= 4 is 5.91 Å². The average Bonchev–Trinajstić information content (AvgIpc) is 2.47. The number of hydrogen-bond acceptors (Lipinski definition) is 4. The van der Waals surface area contributed by atoms with E-state index >= 15 is 0 Å². The highest BCUT2D eigenvalue weighted by Gasteiger charge is 2.25. The molecule has 19 heavy (non-hydrogen) atoms. The van der Waals surface area contributed by atoms with Crippen molar-refractivity contribution in [3.05, 3.63) is 0 Å². The number of hydrogen-bond donors (Lipinski definition) is 2. The quantitative estimate of drug-likeness (QED) is 0.730. The molecule has 0 saturated carbocycles. The smallest absolute Gasteiger partial charge is 0.234 e. The maximum atomic E-state index is 11.7. The Hall–Kier alpha value is -0.650. The van der Waals surface area contributed by atoms with Crippen LogP contribution in [0.15, 0.2) is 0 Å². The normalized spacial score (nSPS) is 23.4. The van der Waals surface area contributed by atoms with Crippen LogP contribution in [0.3, 0.4) is 0 Å². The van der Waals surface area contributed by atoms with Gasteiger partial charge in [0.1, 0.15) is 0 Å². The average molecular weight is 268 g/mol. The van der Waals surface area contributed by atoms with E-state index in [0.29, 0.717) is 6.54 Å². The van der Waals surface area contributed by atoms with Crippen LogP contribution in [-0.2, 0) is 4.79 Å². The fourth-order valence-electron chi connectivity index (χ4n) is 2.98. The van der Waals surface area contributed by atoms with Gasteiger partial charge >= 0.3 is 0 Å². The van der Waals surface area contributed by atoms with E-state index < -0.39 is 0 Å². The molecule has 0 aliphatic carbocycles. The molecule has 0 bridgehead atoms. The topological polar surface area (TPSA) is 47.6 Å². The van der Waals surface area contributed by atoms with Crippen molar-refractivity contribution in [1.29, 1.82) is 0 Å². The van der Waals surface area contributed by atoms with Crippen LogP contribution >= 0.6 is 0 Å². The van der Waals surface area contributed by atoms with Crippen molar-refractivity contribution in [1.82, 2.24) is 20.4 Å². The molecule has 2 heterocycles. The minimum atomic E-state index is 0.178. The number of carbonyl (C=O) groups excluding carboxylic acids is 1. The van der Waals surface area contributed by atoms with E-state index in [1.807, 2.05) is 0 Å². The van der Waals surface area contributed by atoms with E-state index in [2.05, 4.69) is 27.4 Å². The standard InChI is InChI=1S/C14H28N4O/c1-2-5-16-14(19)12-17-8-10-18(11-9-17)13-3-6-15-7-4-13/h13,15H,2-12H2,1H3,(H,16,19). The van der Waals surface area contributed by atoms with Crippen molar-refractivity contribution in [3.63, 3.8) is 0 Å². The molecule has 0 radical (unpaired) electrons. The Morgan fingerprint density at radius 3 is 2.53 bits per heavy atom. The SMILES string of the molecule is CCCNC(=O)CN1CCN(C2CCNCC2)CC1. The van der Waals surface area contributed by atoms with Crippen LogP contribution < -0.4 is 10.6 Å². The number of amides is 1. The monoisotopic (exact) mass is 268 g/mol. The predicted octanol–water partition coefficient (Wildman–Crippen LogP) is -0.118. The molecule has 110 valence electrons. The fourth-order valence-corrected chi connectivity index (χ4v) is 2.98. The summed E-state index contributed by atoms with van der Waals surface area (Å²) in [5.74, 6) is 0.178. The maximum absolute atomic E-state index is 11.7. The molecule has 0 aromatic heterocycles. The fraction of sp³-hybridized carbons (Fsp3) is 0.929. The van der Waals surface area contributed by atoms with Gasteiger partial charge < -0.3 is 10.6 Å². The molecular weight excluding hydrogens is 240 g/mol. The van der Waals surface area contributed by atoms with Gasteiger partial charge in [-0.2, -0.15) is 0 Å². The zero-order chi connectivity index (χ0) is 13.5. The molecule has 5 heteroatoms. The summed E-state index contributed by atoms with van der Waals surface area (Å²) in [5.41, 5.74) is 0. The van der Waals surface area contributed by atoms with Gasteiger partial charge in [0.15, 0.2) is 0 Å². The molecule has 0 unspecified atom stereocenters. The Kier molecular flexibility index (Phi) is 6.07. The summed E-state index contributed by atoms with van der Waals surface area (Å²) in [6.07, 6.45) is 3.56. The van der Waals surface area contributed by atoms with Gasteiger partial charge in [-0.15, -0.1) is 0 Å². The van der Waals surface area contributed by atoms with Gasteiger partial charge in [-0.05, 0) is 32.4 Å². The molecule has 1 amide bonds. The zero-order valence-electron chi connectivity index (χ0n) is 12.2. The van der Waals surface area contributed by atoms with Crippen LogP contribution in [0, 0.1) is 0 Å². The first-order chi connectivity index (χ1) is 9.29. The van der Waals surface area contributed by atoms with Crippen LogP contribution in [0.4, 0.5) is 0 Å². The molecule has 0 aromatic carbocycles. The second kappa shape index (κ2) is 7.82. The summed E-state index contributed by atoms with van der Waals surface area (Å²) in [7, 11) is 0. The molecule has 2 rings (SSSR count). The lowest BCUT2D eigenvalue weighted by Gasteiger charge is -2.40. The molecule has 5 nitrogen and oxygen atoms in total. The van der Waals surface area contributed by atoms with E-state index in [4.69, 9.17) is 0 Å². The van der Waals surface area contributed by atoms with Gasteiger partial charge in [0, 0.05) is 38.8 Å². The van der Waals surface area contributed by atoms with Gasteiger partial charge in [0.2, 0.25) is 5.91 Å². The van der Waals surface area contributed by atoms with Crippen LogP contribution in [0.2, 0.25) is 0 Å². The van der Waals surface area contributed by atoms with Gasteiger partial charge in [0.05, 0.1) is 6.54 Å². The second-order valence-corrected chi connectivity index (χ2v) is 5.64. The zero-order valence-corrected chi connectivity index (χ0v) is 12.2. The highest BCUT2D eigenvalue weighted by Crippen LogP contribution is 2.14. The van der Waals surface area contributed by atoms with Crippen LogP contribution in [0.1, 0.15) is 26.2 Å². The molecule has 2 fully saturated rings. The van der Waals surface area contributed by atoms with Crippen molar-refractivity contribution in [2.75, 3.05) is 52.4 Å². The largest absolute Gasteiger partial charge is 0.355 e. The molecule has 0 aromatic rings. The number of carbonyl (C=O) groups is 1. The summed E-state index contributed by atoms with van der Waals surface area (Å²) in [5, 5.41) is 6.37. The lowest BCUT2D eigenvalue weighted by molar-refractivity contribution is -0.122. The number of piperidine rings is 1. The van der Waals surface area contributed by atoms with E-state index in [1.54, 1.807) is 0 Å². The lowest BCUT2D eigenvalue weighted by atomic mass is 10.0. The summed E-state index contributed by atoms with van der Waals surface area (Å²) in [4.78, 5) is 16.6. The minimum absolute atomic E-state index is 0.178. The molecule has 0 atom stereocenters. The van der Waals surface area contributed by atoms with Crippen LogP contribution in [0.5, 0.6) is 0 Å². The second-order valence-electron chi connectivity index (χ2n) is 5.64. The van der Waals surface area contributed by atoms with E-state index in [1.165, 1.54) is 12.8 Å². The van der Waals surface area contributed by atoms with E-state index in [0.717, 1.165) is 58.3 Å². The molecule has 2 aliphatic heterocycles. The van der Waals surface area contributed by atoms with Crippen molar-refractivity contribution in [2.45, 2.75) is 32.2 Å². The Labute approximate surface area is 116 Å². The van der Waals surface area contributed by atoms with Crippen molar-refractivity contribution in [3.8, 4) is 0 Å². The molecule has 0 spiro atoms. The highest BCUT2D eigenvalue weighted by molar-refractivity contribution is 5.77. The molecule has 2 N–H and O–H groups in total. The third-order valence-corrected chi connectivity index (χ3v) is 4.17. The van der Waals surface area contributed by atoms with Gasteiger partial charge in [-0.3, -0.25) is 14.6 Å². The lowest BCUT2D eigenvalue weighted by Crippen LogP contribution is -2.54. The molecule has 2 aliphatic rings. The summed E-state index contributed by atoms with van der Waals surface area (Å²) >= 11 is 0. The number of nitrogens with zero attached hydrogens (tertiary/aromatic N) is 2. The van der Waals surface area contributed by atoms with Gasteiger partial charge in [-0.25, -0.2) is 0 Å². The molecule has 2 saturated heterocycles. The Morgan fingerprint density at radius 1 is 1.21 bits per heavy atom. The number of piperazine rings is 1. The minimum Gasteiger partial charge on any atom is -0.355 e. The predicted molar refractivity (Wildman–Crippen MR) is 77.2 cm³/mol. The van der Waals surface area contributed by atoms with Crippen LogP contribution in [0.25, 0.3) is 0 Å².